The van der Waals surface area contributed by atoms with Gasteiger partial charge in [0.15, 0.2) is 11.5 Å². The molecule has 104 valence electrons. The number of halogens is 1. The van der Waals surface area contributed by atoms with E-state index < -0.39 is 0 Å². The van der Waals surface area contributed by atoms with Gasteiger partial charge < -0.3 is 19.9 Å². The van der Waals surface area contributed by atoms with Gasteiger partial charge in [0, 0.05) is 10.2 Å². The zero-order valence-corrected chi connectivity index (χ0v) is 12.3. The van der Waals surface area contributed by atoms with E-state index in [1.54, 1.807) is 0 Å². The number of fused-ring (bicyclic) bond motifs is 1. The predicted octanol–water partition coefficient (Wildman–Crippen LogP) is 3.32. The Morgan fingerprint density at radius 2 is 2.00 bits per heavy atom. The quantitative estimate of drug-likeness (QED) is 0.899. The molecule has 3 rings (SSSR count). The fourth-order valence-corrected chi connectivity index (χ4v) is 2.54. The number of hydrogen-bond acceptors (Lipinski definition) is 4. The summed E-state index contributed by atoms with van der Waals surface area (Å²) in [5.74, 6) is 1.46. The Kier molecular flexibility index (Phi) is 3.80. The number of anilines is 1. The van der Waals surface area contributed by atoms with Gasteiger partial charge in [0.25, 0.3) is 0 Å². The third-order valence-corrected chi connectivity index (χ3v) is 3.64. The molecule has 4 nitrogen and oxygen atoms in total. The number of aliphatic hydroxyl groups excluding tert-OH is 1. The van der Waals surface area contributed by atoms with Crippen molar-refractivity contribution in [3.8, 4) is 11.5 Å². The normalized spacial score (nSPS) is 14.1. The van der Waals surface area contributed by atoms with E-state index in [4.69, 9.17) is 9.47 Å². The Bertz CT molecular complexity index is 618. The van der Waals surface area contributed by atoms with Crippen LogP contribution < -0.4 is 14.8 Å². The molecule has 0 aliphatic carbocycles. The Morgan fingerprint density at radius 3 is 2.80 bits per heavy atom. The van der Waals surface area contributed by atoms with Crippen molar-refractivity contribution in [2.24, 2.45) is 0 Å². The van der Waals surface area contributed by atoms with Gasteiger partial charge in [-0.3, -0.25) is 0 Å². The summed E-state index contributed by atoms with van der Waals surface area (Å²) in [6, 6.07) is 13.3. The lowest BCUT2D eigenvalue weighted by molar-refractivity contribution is 0.174. The highest BCUT2D eigenvalue weighted by Crippen LogP contribution is 2.35. The fourth-order valence-electron chi connectivity index (χ4n) is 2.14. The molecular formula is C15H14BrNO3. The lowest BCUT2D eigenvalue weighted by Gasteiger charge is -2.18. The molecule has 0 spiro atoms. The molecule has 2 aromatic carbocycles. The van der Waals surface area contributed by atoms with Gasteiger partial charge in [0.2, 0.25) is 6.79 Å². The second-order valence-corrected chi connectivity index (χ2v) is 5.42. The van der Waals surface area contributed by atoms with Crippen molar-refractivity contribution in [1.82, 2.24) is 0 Å². The molecule has 2 N–H and O–H groups in total. The van der Waals surface area contributed by atoms with E-state index in [0.29, 0.717) is 0 Å². The van der Waals surface area contributed by atoms with Gasteiger partial charge >= 0.3 is 0 Å². The van der Waals surface area contributed by atoms with Gasteiger partial charge in [-0.1, -0.05) is 28.1 Å². The molecule has 0 fully saturated rings. The van der Waals surface area contributed by atoms with Crippen LogP contribution in [0, 0.1) is 0 Å². The summed E-state index contributed by atoms with van der Waals surface area (Å²) in [4.78, 5) is 0. The topological polar surface area (TPSA) is 50.7 Å². The second kappa shape index (κ2) is 5.73. The van der Waals surface area contributed by atoms with Gasteiger partial charge in [0.1, 0.15) is 0 Å². The Hall–Kier alpha value is -1.72. The first-order valence-corrected chi connectivity index (χ1v) is 7.08. The van der Waals surface area contributed by atoms with E-state index in [0.717, 1.165) is 27.2 Å². The van der Waals surface area contributed by atoms with E-state index >= 15 is 0 Å². The van der Waals surface area contributed by atoms with Gasteiger partial charge in [-0.25, -0.2) is 0 Å². The molecule has 1 aliphatic rings. The highest BCUT2D eigenvalue weighted by Gasteiger charge is 2.17. The van der Waals surface area contributed by atoms with Gasteiger partial charge in [-0.05, 0) is 35.9 Å². The summed E-state index contributed by atoms with van der Waals surface area (Å²) in [7, 11) is 0. The fraction of sp³-hybridized carbons (Fsp3) is 0.200. The highest BCUT2D eigenvalue weighted by atomic mass is 79.9. The molecule has 20 heavy (non-hydrogen) atoms. The average molecular weight is 336 g/mol. The van der Waals surface area contributed by atoms with Crippen molar-refractivity contribution >= 4 is 21.6 Å². The van der Waals surface area contributed by atoms with Crippen LogP contribution in [-0.4, -0.2) is 18.5 Å². The van der Waals surface area contributed by atoms with Gasteiger partial charge in [0.05, 0.1) is 12.6 Å². The molecule has 5 heteroatoms. The number of rotatable bonds is 4. The monoisotopic (exact) mass is 335 g/mol. The minimum absolute atomic E-state index is 0.00778. The summed E-state index contributed by atoms with van der Waals surface area (Å²) in [5.41, 5.74) is 1.90. The molecule has 1 unspecified atom stereocenters. The summed E-state index contributed by atoms with van der Waals surface area (Å²) in [6.45, 7) is 0.244. The molecule has 0 bridgehead atoms. The van der Waals surface area contributed by atoms with Crippen LogP contribution in [0.25, 0.3) is 0 Å². The third-order valence-electron chi connectivity index (χ3n) is 3.15. The molecule has 2 aromatic rings. The van der Waals surface area contributed by atoms with E-state index in [1.807, 2.05) is 42.5 Å². The summed E-state index contributed by atoms with van der Waals surface area (Å²) in [5, 5.41) is 12.9. The summed E-state index contributed by atoms with van der Waals surface area (Å²) < 4.78 is 11.6. The zero-order valence-electron chi connectivity index (χ0n) is 10.7. The second-order valence-electron chi connectivity index (χ2n) is 4.50. The first-order valence-electron chi connectivity index (χ1n) is 6.29. The average Bonchev–Trinajstić information content (AvgIpc) is 2.92. The van der Waals surface area contributed by atoms with E-state index in [1.165, 1.54) is 0 Å². The predicted molar refractivity (Wildman–Crippen MR) is 80.2 cm³/mol. The first-order chi connectivity index (χ1) is 9.76. The maximum atomic E-state index is 9.61. The number of hydrogen-bond donors (Lipinski definition) is 2. The van der Waals surface area contributed by atoms with E-state index in [-0.39, 0.29) is 19.4 Å². The van der Waals surface area contributed by atoms with Crippen molar-refractivity contribution in [2.45, 2.75) is 6.04 Å². The largest absolute Gasteiger partial charge is 0.454 e. The first kappa shape index (κ1) is 13.3. The minimum atomic E-state index is -0.196. The Morgan fingerprint density at radius 1 is 1.15 bits per heavy atom. The lowest BCUT2D eigenvalue weighted by Crippen LogP contribution is -2.14. The zero-order chi connectivity index (χ0) is 13.9. The van der Waals surface area contributed by atoms with Gasteiger partial charge in [-0.15, -0.1) is 0 Å². The molecule has 1 heterocycles. The smallest absolute Gasteiger partial charge is 0.231 e. The maximum absolute atomic E-state index is 9.61. The summed E-state index contributed by atoms with van der Waals surface area (Å²) >= 11 is 3.43. The summed E-state index contributed by atoms with van der Waals surface area (Å²) in [6.07, 6.45) is 0. The van der Waals surface area contributed by atoms with Crippen molar-refractivity contribution < 1.29 is 14.6 Å². The van der Waals surface area contributed by atoms with Crippen LogP contribution in [0.5, 0.6) is 11.5 Å². The molecule has 0 saturated carbocycles. The SMILES string of the molecule is OCC(Nc1cccc(Br)c1)c1ccc2c(c1)OCO2. The van der Waals surface area contributed by atoms with Crippen LogP contribution in [0.4, 0.5) is 5.69 Å². The molecule has 0 aromatic heterocycles. The van der Waals surface area contributed by atoms with Crippen LogP contribution in [0.1, 0.15) is 11.6 Å². The number of aliphatic hydroxyl groups is 1. The minimum Gasteiger partial charge on any atom is -0.454 e. The molecule has 0 amide bonds. The molecule has 0 saturated heterocycles. The number of nitrogens with one attached hydrogen (secondary N) is 1. The van der Waals surface area contributed by atoms with Crippen LogP contribution in [-0.2, 0) is 0 Å². The van der Waals surface area contributed by atoms with E-state index in [9.17, 15) is 5.11 Å². The Balaban J connectivity index is 1.83. The molecule has 1 aliphatic heterocycles. The van der Waals surface area contributed by atoms with Gasteiger partial charge in [-0.2, -0.15) is 0 Å². The van der Waals surface area contributed by atoms with Crippen LogP contribution in [0.2, 0.25) is 0 Å². The standard InChI is InChI=1S/C15H14BrNO3/c16-11-2-1-3-12(7-11)17-13(8-18)10-4-5-14-15(6-10)20-9-19-14/h1-7,13,17-18H,8-9H2. The van der Waals surface area contributed by atoms with E-state index in [2.05, 4.69) is 21.2 Å². The van der Waals surface area contributed by atoms with Crippen LogP contribution >= 0.6 is 15.9 Å². The van der Waals surface area contributed by atoms with Crippen molar-refractivity contribution in [1.29, 1.82) is 0 Å². The Labute approximate surface area is 125 Å². The van der Waals surface area contributed by atoms with Crippen molar-refractivity contribution in [3.05, 3.63) is 52.5 Å². The van der Waals surface area contributed by atoms with Crippen molar-refractivity contribution in [2.75, 3.05) is 18.7 Å². The maximum Gasteiger partial charge on any atom is 0.231 e. The highest BCUT2D eigenvalue weighted by molar-refractivity contribution is 9.10. The molecule has 0 radical (unpaired) electrons. The van der Waals surface area contributed by atoms with Crippen LogP contribution in [0.3, 0.4) is 0 Å². The number of benzene rings is 2. The molecular weight excluding hydrogens is 322 g/mol. The lowest BCUT2D eigenvalue weighted by atomic mass is 10.1. The van der Waals surface area contributed by atoms with Crippen LogP contribution in [0.15, 0.2) is 46.9 Å². The number of ether oxygens (including phenoxy) is 2. The third kappa shape index (κ3) is 2.73. The molecule has 1 atom stereocenters. The van der Waals surface area contributed by atoms with Crippen molar-refractivity contribution in [3.63, 3.8) is 0 Å².